The van der Waals surface area contributed by atoms with E-state index in [1.807, 2.05) is 0 Å². The molecule has 1 saturated carbocycles. The van der Waals surface area contributed by atoms with Gasteiger partial charge >= 0.3 is 0 Å². The van der Waals surface area contributed by atoms with Crippen molar-refractivity contribution in [1.82, 2.24) is 15.1 Å². The zero-order valence-corrected chi connectivity index (χ0v) is 13.1. The minimum atomic E-state index is 0.488. The summed E-state index contributed by atoms with van der Waals surface area (Å²) in [5.74, 6) is 0.582. The number of ether oxygens (including phenoxy) is 1. The summed E-state index contributed by atoms with van der Waals surface area (Å²) in [6.07, 6.45) is 8.52. The third-order valence-electron chi connectivity index (χ3n) is 4.52. The summed E-state index contributed by atoms with van der Waals surface area (Å²) in [6.45, 7) is 6.22. The third-order valence-corrected chi connectivity index (χ3v) is 4.52. The van der Waals surface area contributed by atoms with Gasteiger partial charge in [0.05, 0.1) is 18.3 Å². The first-order valence-corrected chi connectivity index (χ1v) is 7.97. The maximum atomic E-state index is 5.07. The monoisotopic (exact) mass is 279 g/mol. The van der Waals surface area contributed by atoms with Crippen LogP contribution in [-0.2, 0) is 11.2 Å². The average Bonchev–Trinajstić information content (AvgIpc) is 3.08. The van der Waals surface area contributed by atoms with Crippen LogP contribution in [0.15, 0.2) is 12.3 Å². The maximum absolute atomic E-state index is 5.07. The Morgan fingerprint density at radius 2 is 2.15 bits per heavy atom. The molecule has 4 nitrogen and oxygen atoms in total. The van der Waals surface area contributed by atoms with Crippen molar-refractivity contribution in [2.75, 3.05) is 20.3 Å². The van der Waals surface area contributed by atoms with Gasteiger partial charge in [-0.1, -0.05) is 19.8 Å². The quantitative estimate of drug-likeness (QED) is 0.744. The van der Waals surface area contributed by atoms with Crippen molar-refractivity contribution in [2.45, 2.75) is 58.0 Å². The minimum absolute atomic E-state index is 0.488. The highest BCUT2D eigenvalue weighted by Gasteiger charge is 2.19. The van der Waals surface area contributed by atoms with E-state index in [4.69, 9.17) is 9.84 Å². The number of methoxy groups -OCH3 is 1. The van der Waals surface area contributed by atoms with Crippen LogP contribution in [0.25, 0.3) is 0 Å². The molecule has 0 aliphatic heterocycles. The Bertz CT molecular complexity index is 385. The van der Waals surface area contributed by atoms with Gasteiger partial charge in [0.25, 0.3) is 0 Å². The van der Waals surface area contributed by atoms with Crippen LogP contribution in [0.1, 0.15) is 51.3 Å². The lowest BCUT2D eigenvalue weighted by Crippen LogP contribution is -2.35. The van der Waals surface area contributed by atoms with Gasteiger partial charge < -0.3 is 10.1 Å². The molecule has 114 valence electrons. The normalized spacial score (nSPS) is 19.4. The van der Waals surface area contributed by atoms with E-state index in [0.29, 0.717) is 18.0 Å². The smallest absolute Gasteiger partial charge is 0.0627 e. The molecule has 2 atom stereocenters. The van der Waals surface area contributed by atoms with Gasteiger partial charge in [-0.2, -0.15) is 5.10 Å². The molecule has 1 heterocycles. The molecule has 1 fully saturated rings. The van der Waals surface area contributed by atoms with Gasteiger partial charge in [-0.3, -0.25) is 4.68 Å². The van der Waals surface area contributed by atoms with Crippen molar-refractivity contribution in [3.05, 3.63) is 18.0 Å². The molecule has 0 bridgehead atoms. The van der Waals surface area contributed by atoms with Crippen LogP contribution in [0, 0.1) is 5.92 Å². The minimum Gasteiger partial charge on any atom is -0.383 e. The highest BCUT2D eigenvalue weighted by atomic mass is 16.5. The second kappa shape index (κ2) is 7.79. The van der Waals surface area contributed by atoms with Gasteiger partial charge in [-0.15, -0.1) is 0 Å². The first-order valence-electron chi connectivity index (χ1n) is 7.97. The van der Waals surface area contributed by atoms with E-state index < -0.39 is 0 Å². The summed E-state index contributed by atoms with van der Waals surface area (Å²) in [5, 5.41) is 8.28. The van der Waals surface area contributed by atoms with Crippen LogP contribution in [0.3, 0.4) is 0 Å². The Morgan fingerprint density at radius 3 is 2.85 bits per heavy atom. The van der Waals surface area contributed by atoms with Gasteiger partial charge in [-0.05, 0) is 38.2 Å². The lowest BCUT2D eigenvalue weighted by atomic mass is 9.98. The molecule has 2 rings (SSSR count). The molecule has 1 aromatic rings. The number of nitrogens with zero attached hydrogens (tertiary/aromatic N) is 2. The van der Waals surface area contributed by atoms with Crippen molar-refractivity contribution in [3.8, 4) is 0 Å². The molecule has 0 radical (unpaired) electrons. The predicted molar refractivity (Wildman–Crippen MR) is 81.9 cm³/mol. The average molecular weight is 279 g/mol. The third kappa shape index (κ3) is 4.32. The second-order valence-corrected chi connectivity index (χ2v) is 6.14. The van der Waals surface area contributed by atoms with E-state index in [1.165, 1.54) is 31.4 Å². The molecular weight excluding hydrogens is 250 g/mol. The molecule has 2 unspecified atom stereocenters. The Morgan fingerprint density at radius 1 is 1.40 bits per heavy atom. The van der Waals surface area contributed by atoms with Gasteiger partial charge in [0.15, 0.2) is 0 Å². The molecule has 4 heteroatoms. The fourth-order valence-corrected chi connectivity index (χ4v) is 2.95. The lowest BCUT2D eigenvalue weighted by molar-refractivity contribution is 0.192. The molecule has 0 saturated heterocycles. The Balaban J connectivity index is 1.80. The van der Waals surface area contributed by atoms with Crippen molar-refractivity contribution in [2.24, 2.45) is 5.92 Å². The van der Waals surface area contributed by atoms with Crippen LogP contribution in [0.5, 0.6) is 0 Å². The van der Waals surface area contributed by atoms with Crippen LogP contribution in [0.4, 0.5) is 0 Å². The predicted octanol–water partition coefficient (Wildman–Crippen LogP) is 2.80. The van der Waals surface area contributed by atoms with E-state index in [2.05, 4.69) is 36.1 Å². The van der Waals surface area contributed by atoms with Crippen LogP contribution >= 0.6 is 0 Å². The number of nitrogens with one attached hydrogen (secondary N) is 1. The summed E-state index contributed by atoms with van der Waals surface area (Å²) in [4.78, 5) is 0. The standard InChI is InChI=1S/C16H29N3O/c1-13(14(2)17-9-11-20-3)12-15-8-10-19(18-15)16-6-4-5-7-16/h8,10,13-14,16-17H,4-7,9,11-12H2,1-3H3. The Hall–Kier alpha value is -0.870. The van der Waals surface area contributed by atoms with E-state index in [1.54, 1.807) is 7.11 Å². The van der Waals surface area contributed by atoms with Crippen molar-refractivity contribution in [3.63, 3.8) is 0 Å². The highest BCUT2D eigenvalue weighted by molar-refractivity contribution is 5.02. The Kier molecular flexibility index (Phi) is 6.05. The number of hydrogen-bond donors (Lipinski definition) is 1. The molecule has 0 spiro atoms. The van der Waals surface area contributed by atoms with E-state index in [9.17, 15) is 0 Å². The van der Waals surface area contributed by atoms with Gasteiger partial charge in [0, 0.05) is 25.9 Å². The maximum Gasteiger partial charge on any atom is 0.0627 e. The molecule has 1 N–H and O–H groups in total. The zero-order valence-electron chi connectivity index (χ0n) is 13.1. The number of rotatable bonds is 8. The first-order chi connectivity index (χ1) is 9.70. The summed E-state index contributed by atoms with van der Waals surface area (Å²) in [6, 6.07) is 3.33. The summed E-state index contributed by atoms with van der Waals surface area (Å²) < 4.78 is 7.26. The fourth-order valence-electron chi connectivity index (χ4n) is 2.95. The van der Waals surface area contributed by atoms with E-state index in [0.717, 1.165) is 19.6 Å². The molecule has 1 aromatic heterocycles. The molecule has 0 aromatic carbocycles. The fraction of sp³-hybridized carbons (Fsp3) is 0.812. The molecule has 0 amide bonds. The number of aromatic nitrogens is 2. The van der Waals surface area contributed by atoms with E-state index in [-0.39, 0.29) is 0 Å². The SMILES string of the molecule is COCCNC(C)C(C)Cc1ccn(C2CCCC2)n1. The highest BCUT2D eigenvalue weighted by Crippen LogP contribution is 2.28. The Labute approximate surface area is 122 Å². The largest absolute Gasteiger partial charge is 0.383 e. The summed E-state index contributed by atoms with van der Waals surface area (Å²) in [5.41, 5.74) is 1.23. The molecule has 1 aliphatic rings. The van der Waals surface area contributed by atoms with Crippen molar-refractivity contribution in [1.29, 1.82) is 0 Å². The molecule has 1 aliphatic carbocycles. The number of hydrogen-bond acceptors (Lipinski definition) is 3. The van der Waals surface area contributed by atoms with Gasteiger partial charge in [0.2, 0.25) is 0 Å². The van der Waals surface area contributed by atoms with Crippen molar-refractivity contribution < 1.29 is 4.74 Å². The molecule has 20 heavy (non-hydrogen) atoms. The van der Waals surface area contributed by atoms with Gasteiger partial charge in [0.1, 0.15) is 0 Å². The summed E-state index contributed by atoms with van der Waals surface area (Å²) >= 11 is 0. The summed E-state index contributed by atoms with van der Waals surface area (Å²) in [7, 11) is 1.74. The molecular formula is C16H29N3O. The van der Waals surface area contributed by atoms with Crippen molar-refractivity contribution >= 4 is 0 Å². The topological polar surface area (TPSA) is 39.1 Å². The zero-order chi connectivity index (χ0) is 14.4. The van der Waals surface area contributed by atoms with Gasteiger partial charge in [-0.25, -0.2) is 0 Å². The van der Waals surface area contributed by atoms with Crippen LogP contribution in [-0.4, -0.2) is 36.1 Å². The van der Waals surface area contributed by atoms with E-state index >= 15 is 0 Å². The lowest BCUT2D eigenvalue weighted by Gasteiger charge is -2.20. The first kappa shape index (κ1) is 15.5. The van der Waals surface area contributed by atoms with Crippen LogP contribution in [0.2, 0.25) is 0 Å². The van der Waals surface area contributed by atoms with Crippen LogP contribution < -0.4 is 5.32 Å². The second-order valence-electron chi connectivity index (χ2n) is 6.14.